The van der Waals surface area contributed by atoms with Gasteiger partial charge in [-0.3, -0.25) is 4.79 Å². The van der Waals surface area contributed by atoms with Crippen LogP contribution in [0.25, 0.3) is 0 Å². The van der Waals surface area contributed by atoms with E-state index in [1.54, 1.807) is 6.07 Å². The third-order valence-electron chi connectivity index (χ3n) is 4.38. The average Bonchev–Trinajstić information content (AvgIpc) is 2.50. The smallest absolute Gasteiger partial charge is 0.222 e. The third kappa shape index (κ3) is 4.19. The van der Waals surface area contributed by atoms with E-state index in [0.717, 1.165) is 24.9 Å². The normalized spacial score (nSPS) is 20.5. The zero-order chi connectivity index (χ0) is 15.6. The van der Waals surface area contributed by atoms with Gasteiger partial charge in [0.1, 0.15) is 5.82 Å². The molecule has 1 aromatic rings. The van der Waals surface area contributed by atoms with Crippen LogP contribution in [0.15, 0.2) is 18.2 Å². The fourth-order valence-corrected chi connectivity index (χ4v) is 3.06. The van der Waals surface area contributed by atoms with Crippen molar-refractivity contribution in [3.63, 3.8) is 0 Å². The molecule has 1 saturated heterocycles. The molecule has 0 aliphatic carbocycles. The Labute approximate surface area is 126 Å². The summed E-state index contributed by atoms with van der Waals surface area (Å²) in [6.07, 6.45) is 2.51. The molecule has 1 aromatic carbocycles. The van der Waals surface area contributed by atoms with Crippen molar-refractivity contribution in [2.45, 2.75) is 46.6 Å². The van der Waals surface area contributed by atoms with Gasteiger partial charge < -0.3 is 10.6 Å². The van der Waals surface area contributed by atoms with E-state index in [4.69, 9.17) is 5.73 Å². The molecule has 1 amide bonds. The maximum Gasteiger partial charge on any atom is 0.222 e. The number of hydrogen-bond acceptors (Lipinski definition) is 2. The predicted octanol–water partition coefficient (Wildman–Crippen LogP) is 3.58. The van der Waals surface area contributed by atoms with E-state index in [-0.39, 0.29) is 17.1 Å². The molecule has 3 nitrogen and oxygen atoms in total. The number of benzene rings is 1. The van der Waals surface area contributed by atoms with Crippen LogP contribution in [0.3, 0.4) is 0 Å². The van der Waals surface area contributed by atoms with Crippen molar-refractivity contribution in [2.24, 2.45) is 11.3 Å². The van der Waals surface area contributed by atoms with Crippen LogP contribution < -0.4 is 5.73 Å². The maximum absolute atomic E-state index is 13.4. The van der Waals surface area contributed by atoms with E-state index in [0.29, 0.717) is 24.6 Å². The number of anilines is 1. The van der Waals surface area contributed by atoms with Crippen LogP contribution >= 0.6 is 0 Å². The summed E-state index contributed by atoms with van der Waals surface area (Å²) in [5, 5.41) is 0. The van der Waals surface area contributed by atoms with Crippen LogP contribution in [0, 0.1) is 17.2 Å². The van der Waals surface area contributed by atoms with Gasteiger partial charge in [0.25, 0.3) is 0 Å². The minimum absolute atomic E-state index is 0.157. The van der Waals surface area contributed by atoms with Crippen LogP contribution in [-0.2, 0) is 11.3 Å². The van der Waals surface area contributed by atoms with Crippen LogP contribution in [0.2, 0.25) is 0 Å². The van der Waals surface area contributed by atoms with Crippen molar-refractivity contribution in [3.05, 3.63) is 29.6 Å². The van der Waals surface area contributed by atoms with Crippen LogP contribution in [0.4, 0.5) is 10.1 Å². The summed E-state index contributed by atoms with van der Waals surface area (Å²) in [7, 11) is 0. The Morgan fingerprint density at radius 1 is 1.29 bits per heavy atom. The zero-order valence-corrected chi connectivity index (χ0v) is 13.2. The number of nitrogen functional groups attached to an aromatic ring is 1. The van der Waals surface area contributed by atoms with Gasteiger partial charge in [-0.1, -0.05) is 20.8 Å². The molecule has 2 rings (SSSR count). The van der Waals surface area contributed by atoms with E-state index >= 15 is 0 Å². The molecule has 0 radical (unpaired) electrons. The van der Waals surface area contributed by atoms with Gasteiger partial charge in [-0.2, -0.15) is 0 Å². The van der Waals surface area contributed by atoms with Gasteiger partial charge in [-0.15, -0.1) is 0 Å². The summed E-state index contributed by atoms with van der Waals surface area (Å²) >= 11 is 0. The highest BCUT2D eigenvalue weighted by atomic mass is 19.1. The largest absolute Gasteiger partial charge is 0.399 e. The van der Waals surface area contributed by atoms with Gasteiger partial charge in [0, 0.05) is 25.2 Å². The number of halogens is 1. The van der Waals surface area contributed by atoms with E-state index in [9.17, 15) is 9.18 Å². The molecule has 1 heterocycles. The van der Waals surface area contributed by atoms with E-state index in [2.05, 4.69) is 20.8 Å². The lowest BCUT2D eigenvalue weighted by Gasteiger charge is -2.29. The van der Waals surface area contributed by atoms with Crippen molar-refractivity contribution in [3.8, 4) is 0 Å². The lowest BCUT2D eigenvalue weighted by atomic mass is 9.77. The van der Waals surface area contributed by atoms with Crippen LogP contribution in [-0.4, -0.2) is 17.4 Å². The molecular formula is C17H25FN2O. The summed E-state index contributed by atoms with van der Waals surface area (Å²) in [6, 6.07) is 4.49. The second-order valence-corrected chi connectivity index (χ2v) is 7.10. The molecule has 1 aliphatic rings. The monoisotopic (exact) mass is 292 g/mol. The Morgan fingerprint density at radius 2 is 2.00 bits per heavy atom. The molecule has 0 aromatic heterocycles. The number of rotatable bonds is 2. The highest BCUT2D eigenvalue weighted by Gasteiger charge is 2.29. The third-order valence-corrected chi connectivity index (χ3v) is 4.38. The first-order chi connectivity index (χ1) is 9.75. The first-order valence-electron chi connectivity index (χ1n) is 7.58. The summed E-state index contributed by atoms with van der Waals surface area (Å²) in [4.78, 5) is 14.1. The number of nitrogens with zero attached hydrogens (tertiary/aromatic N) is 1. The van der Waals surface area contributed by atoms with Crippen molar-refractivity contribution in [2.75, 3.05) is 12.3 Å². The van der Waals surface area contributed by atoms with Crippen molar-refractivity contribution < 1.29 is 9.18 Å². The second-order valence-electron chi connectivity index (χ2n) is 7.10. The number of likely N-dealkylation sites (tertiary alicyclic amines) is 1. The molecule has 0 bridgehead atoms. The van der Waals surface area contributed by atoms with Gasteiger partial charge in [-0.05, 0) is 47.9 Å². The number of hydrogen-bond donors (Lipinski definition) is 1. The SMILES string of the molecule is CC(C)(C)C1CCC(=O)N(Cc2cc(N)cc(F)c2)CC1. The van der Waals surface area contributed by atoms with E-state index in [1.165, 1.54) is 12.1 Å². The first kappa shape index (κ1) is 15.8. The molecule has 4 heteroatoms. The highest BCUT2D eigenvalue weighted by molar-refractivity contribution is 5.76. The average molecular weight is 292 g/mol. The quantitative estimate of drug-likeness (QED) is 0.847. The molecule has 116 valence electrons. The fourth-order valence-electron chi connectivity index (χ4n) is 3.06. The molecule has 1 fully saturated rings. The molecule has 1 aliphatic heterocycles. The molecule has 1 unspecified atom stereocenters. The summed E-state index contributed by atoms with van der Waals surface area (Å²) in [5.41, 5.74) is 7.05. The minimum atomic E-state index is -0.347. The molecular weight excluding hydrogens is 267 g/mol. The Kier molecular flexibility index (Phi) is 4.55. The first-order valence-corrected chi connectivity index (χ1v) is 7.58. The van der Waals surface area contributed by atoms with Gasteiger partial charge in [0.05, 0.1) is 0 Å². The van der Waals surface area contributed by atoms with Crippen LogP contribution in [0.5, 0.6) is 0 Å². The van der Waals surface area contributed by atoms with Crippen molar-refractivity contribution in [1.29, 1.82) is 0 Å². The lowest BCUT2D eigenvalue weighted by molar-refractivity contribution is -0.131. The molecule has 21 heavy (non-hydrogen) atoms. The Balaban J connectivity index is 2.08. The summed E-state index contributed by atoms with van der Waals surface area (Å²) < 4.78 is 13.4. The van der Waals surface area contributed by atoms with Gasteiger partial charge >= 0.3 is 0 Å². The van der Waals surface area contributed by atoms with Crippen molar-refractivity contribution >= 4 is 11.6 Å². The standard InChI is InChI=1S/C17H25FN2O/c1-17(2,3)13-4-5-16(21)20(7-6-13)11-12-8-14(18)10-15(19)9-12/h8-10,13H,4-7,11,19H2,1-3H3. The number of carbonyl (C=O) groups is 1. The summed E-state index contributed by atoms with van der Waals surface area (Å²) in [5.74, 6) is 0.355. The Hall–Kier alpha value is -1.58. The van der Waals surface area contributed by atoms with Crippen LogP contribution in [0.1, 0.15) is 45.6 Å². The fraction of sp³-hybridized carbons (Fsp3) is 0.588. The molecule has 0 saturated carbocycles. The van der Waals surface area contributed by atoms with E-state index in [1.807, 2.05) is 4.90 Å². The summed E-state index contributed by atoms with van der Waals surface area (Å²) in [6.45, 7) is 7.86. The molecule has 1 atom stereocenters. The van der Waals surface area contributed by atoms with Gasteiger partial charge in [0.2, 0.25) is 5.91 Å². The number of nitrogens with two attached hydrogens (primary N) is 1. The molecule has 2 N–H and O–H groups in total. The maximum atomic E-state index is 13.4. The number of carbonyl (C=O) groups excluding carboxylic acids is 1. The Bertz CT molecular complexity index is 502. The van der Waals surface area contributed by atoms with Gasteiger partial charge in [0.15, 0.2) is 0 Å². The van der Waals surface area contributed by atoms with Crippen molar-refractivity contribution in [1.82, 2.24) is 4.90 Å². The highest BCUT2D eigenvalue weighted by Crippen LogP contribution is 2.34. The lowest BCUT2D eigenvalue weighted by Crippen LogP contribution is -2.30. The Morgan fingerprint density at radius 3 is 2.62 bits per heavy atom. The topological polar surface area (TPSA) is 46.3 Å². The minimum Gasteiger partial charge on any atom is -0.399 e. The zero-order valence-electron chi connectivity index (χ0n) is 13.2. The van der Waals surface area contributed by atoms with E-state index < -0.39 is 0 Å². The van der Waals surface area contributed by atoms with Gasteiger partial charge in [-0.25, -0.2) is 4.39 Å². The number of amides is 1. The molecule has 0 spiro atoms. The predicted molar refractivity (Wildman–Crippen MR) is 83.0 cm³/mol. The second kappa shape index (κ2) is 6.04.